The summed E-state index contributed by atoms with van der Waals surface area (Å²) in [5, 5.41) is 0. The molecule has 0 N–H and O–H groups in total. The first-order valence-electron chi connectivity index (χ1n) is 6.64. The number of hydrogen-bond acceptors (Lipinski definition) is 2. The number of likely N-dealkylation sites (tertiary alicyclic amines) is 2. The van der Waals surface area contributed by atoms with Crippen molar-refractivity contribution in [1.29, 1.82) is 0 Å². The Kier molecular flexibility index (Phi) is 3.85. The van der Waals surface area contributed by atoms with E-state index in [1.807, 2.05) is 0 Å². The summed E-state index contributed by atoms with van der Waals surface area (Å²) >= 11 is 0. The molecular formula is C13H24N2O. The summed E-state index contributed by atoms with van der Waals surface area (Å²) in [6, 6.07) is 0. The van der Waals surface area contributed by atoms with Gasteiger partial charge in [-0.05, 0) is 45.2 Å². The van der Waals surface area contributed by atoms with Crippen LogP contribution in [0.3, 0.4) is 0 Å². The lowest BCUT2D eigenvalue weighted by molar-refractivity contribution is -0.138. The summed E-state index contributed by atoms with van der Waals surface area (Å²) < 4.78 is 0. The third-order valence-corrected chi connectivity index (χ3v) is 4.07. The number of amides is 1. The van der Waals surface area contributed by atoms with Crippen molar-refractivity contribution in [2.45, 2.75) is 32.6 Å². The summed E-state index contributed by atoms with van der Waals surface area (Å²) in [6.45, 7) is 6.38. The highest BCUT2D eigenvalue weighted by Gasteiger charge is 2.29. The summed E-state index contributed by atoms with van der Waals surface area (Å²) in [5.41, 5.74) is 0. The van der Waals surface area contributed by atoms with Gasteiger partial charge in [0.25, 0.3) is 0 Å². The zero-order chi connectivity index (χ0) is 11.5. The maximum Gasteiger partial charge on any atom is 0.226 e. The molecule has 0 radical (unpaired) electrons. The molecule has 0 aromatic heterocycles. The largest absolute Gasteiger partial charge is 0.342 e. The molecule has 0 spiro atoms. The van der Waals surface area contributed by atoms with Crippen molar-refractivity contribution in [2.75, 3.05) is 33.2 Å². The van der Waals surface area contributed by atoms with E-state index < -0.39 is 0 Å². The van der Waals surface area contributed by atoms with Gasteiger partial charge in [-0.1, -0.05) is 6.92 Å². The Morgan fingerprint density at radius 1 is 1.12 bits per heavy atom. The first-order chi connectivity index (χ1) is 7.66. The van der Waals surface area contributed by atoms with Crippen molar-refractivity contribution >= 4 is 5.91 Å². The van der Waals surface area contributed by atoms with E-state index in [2.05, 4.69) is 23.8 Å². The maximum atomic E-state index is 12.3. The molecule has 1 atom stereocenters. The highest BCUT2D eigenvalue weighted by atomic mass is 16.2. The van der Waals surface area contributed by atoms with Crippen LogP contribution in [0.1, 0.15) is 32.6 Å². The lowest BCUT2D eigenvalue weighted by Crippen LogP contribution is -2.46. The van der Waals surface area contributed by atoms with E-state index in [4.69, 9.17) is 0 Å². The quantitative estimate of drug-likeness (QED) is 0.675. The van der Waals surface area contributed by atoms with Gasteiger partial charge >= 0.3 is 0 Å². The SMILES string of the molecule is CC1CCN(C(=O)[C@@H]2CCCN(C)C2)CC1. The Bertz CT molecular complexity index is 246. The molecule has 2 rings (SSSR count). The van der Waals surface area contributed by atoms with Gasteiger partial charge in [-0.15, -0.1) is 0 Å². The molecule has 2 aliphatic rings. The van der Waals surface area contributed by atoms with E-state index in [-0.39, 0.29) is 5.92 Å². The normalized spacial score (nSPS) is 29.4. The minimum absolute atomic E-state index is 0.271. The van der Waals surface area contributed by atoms with Gasteiger partial charge in [0, 0.05) is 19.6 Å². The molecule has 2 saturated heterocycles. The predicted molar refractivity (Wildman–Crippen MR) is 65.2 cm³/mol. The molecule has 2 aliphatic heterocycles. The average Bonchev–Trinajstić information content (AvgIpc) is 2.29. The molecule has 0 unspecified atom stereocenters. The van der Waals surface area contributed by atoms with Crippen LogP contribution in [0.2, 0.25) is 0 Å². The zero-order valence-electron chi connectivity index (χ0n) is 10.6. The van der Waals surface area contributed by atoms with E-state index in [1.165, 1.54) is 19.3 Å². The molecule has 1 amide bonds. The zero-order valence-corrected chi connectivity index (χ0v) is 10.6. The van der Waals surface area contributed by atoms with Crippen molar-refractivity contribution < 1.29 is 4.79 Å². The minimum Gasteiger partial charge on any atom is -0.342 e. The van der Waals surface area contributed by atoms with E-state index in [9.17, 15) is 4.79 Å². The second kappa shape index (κ2) is 5.17. The lowest BCUT2D eigenvalue weighted by atomic mass is 9.94. The molecule has 0 saturated carbocycles. The fraction of sp³-hybridized carbons (Fsp3) is 0.923. The Morgan fingerprint density at radius 3 is 2.44 bits per heavy atom. The predicted octanol–water partition coefficient (Wildman–Crippen LogP) is 1.59. The highest BCUT2D eigenvalue weighted by molar-refractivity contribution is 5.79. The second-order valence-corrected chi connectivity index (χ2v) is 5.61. The van der Waals surface area contributed by atoms with Gasteiger partial charge in [0.05, 0.1) is 5.92 Å². The van der Waals surface area contributed by atoms with Crippen LogP contribution in [0.4, 0.5) is 0 Å². The van der Waals surface area contributed by atoms with E-state index in [1.54, 1.807) is 0 Å². The topological polar surface area (TPSA) is 23.6 Å². The van der Waals surface area contributed by atoms with Crippen LogP contribution in [0.25, 0.3) is 0 Å². The van der Waals surface area contributed by atoms with Gasteiger partial charge in [-0.25, -0.2) is 0 Å². The molecule has 2 fully saturated rings. The molecule has 0 aliphatic carbocycles. The monoisotopic (exact) mass is 224 g/mol. The van der Waals surface area contributed by atoms with Gasteiger partial charge in [0.15, 0.2) is 0 Å². The Balaban J connectivity index is 1.86. The molecule has 0 aromatic rings. The smallest absolute Gasteiger partial charge is 0.226 e. The van der Waals surface area contributed by atoms with Crippen molar-refractivity contribution in [3.05, 3.63) is 0 Å². The summed E-state index contributed by atoms with van der Waals surface area (Å²) in [4.78, 5) is 16.7. The van der Waals surface area contributed by atoms with E-state index in [0.717, 1.165) is 38.5 Å². The van der Waals surface area contributed by atoms with Gasteiger partial charge in [-0.2, -0.15) is 0 Å². The second-order valence-electron chi connectivity index (χ2n) is 5.61. The van der Waals surface area contributed by atoms with Crippen LogP contribution in [-0.4, -0.2) is 48.9 Å². The number of rotatable bonds is 1. The van der Waals surface area contributed by atoms with Gasteiger partial charge < -0.3 is 9.80 Å². The van der Waals surface area contributed by atoms with Gasteiger partial charge in [-0.3, -0.25) is 4.79 Å². The number of carbonyl (C=O) groups is 1. The van der Waals surface area contributed by atoms with Crippen LogP contribution in [0.5, 0.6) is 0 Å². The number of nitrogens with zero attached hydrogens (tertiary/aromatic N) is 2. The van der Waals surface area contributed by atoms with Crippen LogP contribution in [0, 0.1) is 11.8 Å². The molecule has 3 nitrogen and oxygen atoms in total. The van der Waals surface area contributed by atoms with Crippen molar-refractivity contribution in [2.24, 2.45) is 11.8 Å². The molecule has 3 heteroatoms. The third-order valence-electron chi connectivity index (χ3n) is 4.07. The van der Waals surface area contributed by atoms with Crippen LogP contribution < -0.4 is 0 Å². The average molecular weight is 224 g/mol. The Labute approximate surface area is 98.8 Å². The Morgan fingerprint density at radius 2 is 1.81 bits per heavy atom. The van der Waals surface area contributed by atoms with Crippen LogP contribution in [-0.2, 0) is 4.79 Å². The summed E-state index contributed by atoms with van der Waals surface area (Å²) in [5.74, 6) is 1.49. The molecule has 92 valence electrons. The van der Waals surface area contributed by atoms with Crippen molar-refractivity contribution in [1.82, 2.24) is 9.80 Å². The first kappa shape index (κ1) is 11.9. The number of carbonyl (C=O) groups excluding carboxylic acids is 1. The highest BCUT2D eigenvalue weighted by Crippen LogP contribution is 2.22. The maximum absolute atomic E-state index is 12.3. The first-order valence-corrected chi connectivity index (χ1v) is 6.64. The molecule has 2 heterocycles. The lowest BCUT2D eigenvalue weighted by Gasteiger charge is -2.36. The number of piperidine rings is 2. The fourth-order valence-corrected chi connectivity index (χ4v) is 2.86. The minimum atomic E-state index is 0.271. The summed E-state index contributed by atoms with van der Waals surface area (Å²) in [6.07, 6.45) is 4.65. The van der Waals surface area contributed by atoms with Gasteiger partial charge in [0.1, 0.15) is 0 Å². The van der Waals surface area contributed by atoms with Crippen LogP contribution >= 0.6 is 0 Å². The third kappa shape index (κ3) is 2.76. The van der Waals surface area contributed by atoms with E-state index >= 15 is 0 Å². The molecule has 0 aromatic carbocycles. The summed E-state index contributed by atoms with van der Waals surface area (Å²) in [7, 11) is 2.12. The molecule has 0 bridgehead atoms. The van der Waals surface area contributed by atoms with Gasteiger partial charge in [0.2, 0.25) is 5.91 Å². The standard InChI is InChI=1S/C13H24N2O/c1-11-5-8-15(9-6-11)13(16)12-4-3-7-14(2)10-12/h11-12H,3-10H2,1-2H3/t12-/m1/s1. The molecular weight excluding hydrogens is 200 g/mol. The van der Waals surface area contributed by atoms with Crippen molar-refractivity contribution in [3.63, 3.8) is 0 Å². The number of hydrogen-bond donors (Lipinski definition) is 0. The van der Waals surface area contributed by atoms with E-state index in [0.29, 0.717) is 5.91 Å². The van der Waals surface area contributed by atoms with Crippen LogP contribution in [0.15, 0.2) is 0 Å². The Hall–Kier alpha value is -0.570. The fourth-order valence-electron chi connectivity index (χ4n) is 2.86. The molecule has 16 heavy (non-hydrogen) atoms. The van der Waals surface area contributed by atoms with Crippen molar-refractivity contribution in [3.8, 4) is 0 Å².